The minimum Gasteiger partial charge on any atom is -0.484 e. The highest BCUT2D eigenvalue weighted by Gasteiger charge is 2.11. The summed E-state index contributed by atoms with van der Waals surface area (Å²) in [5, 5.41) is 6.81. The van der Waals surface area contributed by atoms with E-state index in [0.29, 0.717) is 24.0 Å². The van der Waals surface area contributed by atoms with E-state index in [4.69, 9.17) is 9.26 Å². The van der Waals surface area contributed by atoms with Gasteiger partial charge in [0.15, 0.2) is 6.61 Å². The molecule has 26 heavy (non-hydrogen) atoms. The molecule has 1 N–H and O–H groups in total. The second-order valence-corrected chi connectivity index (χ2v) is 5.96. The fraction of sp³-hybridized carbons (Fsp3) is 0.250. The summed E-state index contributed by atoms with van der Waals surface area (Å²) in [6, 6.07) is 15.2. The molecule has 6 heteroatoms. The van der Waals surface area contributed by atoms with Crippen LogP contribution in [0.3, 0.4) is 0 Å². The van der Waals surface area contributed by atoms with Gasteiger partial charge in [-0.15, -0.1) is 0 Å². The Kier molecular flexibility index (Phi) is 5.63. The highest BCUT2D eigenvalue weighted by molar-refractivity contribution is 5.77. The maximum atomic E-state index is 11.6. The van der Waals surface area contributed by atoms with Crippen LogP contribution in [0, 0.1) is 6.92 Å². The minimum atomic E-state index is -0.142. The van der Waals surface area contributed by atoms with Crippen molar-refractivity contribution in [3.63, 3.8) is 0 Å². The topological polar surface area (TPSA) is 77.2 Å². The van der Waals surface area contributed by atoms with Gasteiger partial charge >= 0.3 is 0 Å². The van der Waals surface area contributed by atoms with Crippen LogP contribution in [0.2, 0.25) is 0 Å². The van der Waals surface area contributed by atoms with E-state index < -0.39 is 0 Å². The average molecular weight is 351 g/mol. The molecule has 6 nitrogen and oxygen atoms in total. The fourth-order valence-corrected chi connectivity index (χ4v) is 2.34. The van der Waals surface area contributed by atoms with E-state index in [1.165, 1.54) is 5.56 Å². The van der Waals surface area contributed by atoms with Crippen LogP contribution >= 0.6 is 0 Å². The first-order chi connectivity index (χ1) is 12.7. The Morgan fingerprint density at radius 1 is 1.15 bits per heavy atom. The molecule has 3 aromatic rings. The van der Waals surface area contributed by atoms with Crippen LogP contribution < -0.4 is 10.1 Å². The summed E-state index contributed by atoms with van der Waals surface area (Å²) in [6.45, 7) is 4.65. The Hall–Kier alpha value is -3.15. The highest BCUT2D eigenvalue weighted by atomic mass is 16.5. The molecule has 0 atom stereocenters. The number of carbonyl (C=O) groups excluding carboxylic acids is 1. The van der Waals surface area contributed by atoms with Gasteiger partial charge in [-0.3, -0.25) is 4.79 Å². The molecule has 0 unspecified atom stereocenters. The molecule has 2 aromatic carbocycles. The van der Waals surface area contributed by atoms with Gasteiger partial charge in [0.2, 0.25) is 5.82 Å². The van der Waals surface area contributed by atoms with Gasteiger partial charge in [-0.25, -0.2) is 0 Å². The largest absolute Gasteiger partial charge is 0.484 e. The molecule has 3 rings (SSSR count). The van der Waals surface area contributed by atoms with Crippen LogP contribution in [0.5, 0.6) is 5.75 Å². The number of carbonyl (C=O) groups is 1. The zero-order chi connectivity index (χ0) is 18.4. The molecule has 0 fully saturated rings. The van der Waals surface area contributed by atoms with Gasteiger partial charge in [-0.05, 0) is 31.5 Å². The van der Waals surface area contributed by atoms with Gasteiger partial charge in [0, 0.05) is 17.7 Å². The number of nitrogens with one attached hydrogen (secondary N) is 1. The first-order valence-electron chi connectivity index (χ1n) is 8.56. The molecular formula is C20H21N3O3. The summed E-state index contributed by atoms with van der Waals surface area (Å²) in [4.78, 5) is 16.1. The van der Waals surface area contributed by atoms with Crippen LogP contribution in [0.4, 0.5) is 0 Å². The fourth-order valence-electron chi connectivity index (χ4n) is 2.34. The molecule has 0 radical (unpaired) electrons. The standard InChI is InChI=1S/C20H21N3O3/c1-3-11-21-18(24)13-25-17-6-4-5-16(12-17)20-22-19(23-26-20)15-9-7-14(2)8-10-15/h4-10,12H,3,11,13H2,1-2H3,(H,21,24). The number of rotatable bonds is 7. The summed E-state index contributed by atoms with van der Waals surface area (Å²) in [7, 11) is 0. The van der Waals surface area contributed by atoms with Crippen molar-refractivity contribution in [1.29, 1.82) is 0 Å². The van der Waals surface area contributed by atoms with Crippen molar-refractivity contribution in [2.24, 2.45) is 0 Å². The number of aryl methyl sites for hydroxylation is 1. The summed E-state index contributed by atoms with van der Waals surface area (Å²) in [5.41, 5.74) is 2.80. The molecule has 0 spiro atoms. The third-order valence-electron chi connectivity index (χ3n) is 3.76. The van der Waals surface area contributed by atoms with Crippen molar-refractivity contribution in [2.75, 3.05) is 13.2 Å². The average Bonchev–Trinajstić information content (AvgIpc) is 3.16. The quantitative estimate of drug-likeness (QED) is 0.703. The Labute approximate surface area is 152 Å². The Balaban J connectivity index is 1.70. The van der Waals surface area contributed by atoms with E-state index in [2.05, 4.69) is 15.5 Å². The molecule has 1 amide bonds. The van der Waals surface area contributed by atoms with Crippen molar-refractivity contribution < 1.29 is 14.1 Å². The molecule has 0 aliphatic carbocycles. The first kappa shape index (κ1) is 17.7. The lowest BCUT2D eigenvalue weighted by atomic mass is 10.1. The van der Waals surface area contributed by atoms with E-state index in [1.54, 1.807) is 12.1 Å². The minimum absolute atomic E-state index is 0.0259. The number of hydrogen-bond acceptors (Lipinski definition) is 5. The first-order valence-corrected chi connectivity index (χ1v) is 8.56. The molecule has 1 heterocycles. The van der Waals surface area contributed by atoms with Gasteiger partial charge < -0.3 is 14.6 Å². The van der Waals surface area contributed by atoms with Crippen molar-refractivity contribution >= 4 is 5.91 Å². The van der Waals surface area contributed by atoms with Crippen LogP contribution in [-0.2, 0) is 4.79 Å². The summed E-state index contributed by atoms with van der Waals surface area (Å²) >= 11 is 0. The number of amides is 1. The van der Waals surface area contributed by atoms with Crippen LogP contribution in [0.15, 0.2) is 53.1 Å². The van der Waals surface area contributed by atoms with Crippen molar-refractivity contribution in [2.45, 2.75) is 20.3 Å². The monoisotopic (exact) mass is 351 g/mol. The summed E-state index contributed by atoms with van der Waals surface area (Å²) < 4.78 is 10.9. The third-order valence-corrected chi connectivity index (χ3v) is 3.76. The molecule has 0 saturated heterocycles. The van der Waals surface area contributed by atoms with Crippen LogP contribution in [0.1, 0.15) is 18.9 Å². The Bertz CT molecular complexity index is 872. The lowest BCUT2D eigenvalue weighted by molar-refractivity contribution is -0.123. The molecule has 0 bridgehead atoms. The molecule has 134 valence electrons. The van der Waals surface area contributed by atoms with E-state index >= 15 is 0 Å². The van der Waals surface area contributed by atoms with Gasteiger partial charge in [0.25, 0.3) is 11.8 Å². The maximum absolute atomic E-state index is 11.6. The Morgan fingerprint density at radius 3 is 2.73 bits per heavy atom. The van der Waals surface area contributed by atoms with Crippen molar-refractivity contribution in [3.8, 4) is 28.6 Å². The number of ether oxygens (including phenoxy) is 1. The smallest absolute Gasteiger partial charge is 0.258 e. The number of aromatic nitrogens is 2. The van der Waals surface area contributed by atoms with E-state index in [0.717, 1.165) is 17.5 Å². The maximum Gasteiger partial charge on any atom is 0.258 e. The van der Waals surface area contributed by atoms with Crippen LogP contribution in [-0.4, -0.2) is 29.2 Å². The summed E-state index contributed by atoms with van der Waals surface area (Å²) in [5.74, 6) is 1.37. The van der Waals surface area contributed by atoms with E-state index in [9.17, 15) is 4.79 Å². The zero-order valence-corrected chi connectivity index (χ0v) is 14.9. The van der Waals surface area contributed by atoms with Crippen molar-refractivity contribution in [3.05, 3.63) is 54.1 Å². The summed E-state index contributed by atoms with van der Waals surface area (Å²) in [6.07, 6.45) is 0.891. The molecular weight excluding hydrogens is 330 g/mol. The predicted octanol–water partition coefficient (Wildman–Crippen LogP) is 3.62. The van der Waals surface area contributed by atoms with Crippen molar-refractivity contribution in [1.82, 2.24) is 15.5 Å². The highest BCUT2D eigenvalue weighted by Crippen LogP contribution is 2.25. The molecule has 1 aromatic heterocycles. The zero-order valence-electron chi connectivity index (χ0n) is 14.9. The molecule has 0 saturated carbocycles. The predicted molar refractivity (Wildman–Crippen MR) is 98.7 cm³/mol. The van der Waals surface area contributed by atoms with Gasteiger partial charge in [-0.1, -0.05) is 48.0 Å². The lowest BCUT2D eigenvalue weighted by Crippen LogP contribution is -2.29. The number of benzene rings is 2. The SMILES string of the molecule is CCCNC(=O)COc1cccc(-c2nc(-c3ccc(C)cc3)no2)c1. The second-order valence-electron chi connectivity index (χ2n) is 5.96. The lowest BCUT2D eigenvalue weighted by Gasteiger charge is -2.07. The normalized spacial score (nSPS) is 10.5. The van der Waals surface area contributed by atoms with Crippen LogP contribution in [0.25, 0.3) is 22.8 Å². The van der Waals surface area contributed by atoms with E-state index in [1.807, 2.05) is 50.2 Å². The van der Waals surface area contributed by atoms with Gasteiger partial charge in [0.1, 0.15) is 5.75 Å². The molecule has 0 aliphatic rings. The number of hydrogen-bond donors (Lipinski definition) is 1. The van der Waals surface area contributed by atoms with Gasteiger partial charge in [-0.2, -0.15) is 4.98 Å². The number of nitrogens with zero attached hydrogens (tertiary/aromatic N) is 2. The Morgan fingerprint density at radius 2 is 1.96 bits per heavy atom. The molecule has 0 aliphatic heterocycles. The van der Waals surface area contributed by atoms with Gasteiger partial charge in [0.05, 0.1) is 0 Å². The van der Waals surface area contributed by atoms with E-state index in [-0.39, 0.29) is 12.5 Å². The third kappa shape index (κ3) is 4.47. The second kappa shape index (κ2) is 8.29.